The van der Waals surface area contributed by atoms with Crippen LogP contribution in [-0.4, -0.2) is 35.6 Å². The predicted octanol–water partition coefficient (Wildman–Crippen LogP) is 7.01. The number of hydrogen-bond donors (Lipinski definition) is 2. The van der Waals surface area contributed by atoms with Crippen LogP contribution in [0.5, 0.6) is 11.8 Å². The topological polar surface area (TPSA) is 119 Å². The number of fused-ring (bicyclic) bond motifs is 1. The number of hydrogen-bond acceptors (Lipinski definition) is 7. The third-order valence-corrected chi connectivity index (χ3v) is 6.31. The number of urea groups is 1. The molecule has 6 aromatic rings. The molecule has 43 heavy (non-hydrogen) atoms. The monoisotopic (exact) mass is 582 g/mol. The first-order valence-electron chi connectivity index (χ1n) is 12.8. The summed E-state index contributed by atoms with van der Waals surface area (Å²) in [6, 6.07) is 16.7. The first kappa shape index (κ1) is 27.3. The van der Waals surface area contributed by atoms with Crippen molar-refractivity contribution < 1.29 is 22.7 Å². The van der Waals surface area contributed by atoms with Gasteiger partial charge in [-0.15, -0.1) is 0 Å². The molecule has 13 heteroatoms. The molecular weight excluding hydrogens is 561 g/mol. The number of nitrogens with zero attached hydrogens (tertiary/aromatic N) is 6. The number of anilines is 2. The zero-order valence-electron chi connectivity index (χ0n) is 22.4. The van der Waals surface area contributed by atoms with Crippen molar-refractivity contribution in [2.45, 2.75) is 13.1 Å². The summed E-state index contributed by atoms with van der Waals surface area (Å²) in [7, 11) is 0. The average molecular weight is 583 g/mol. The molecule has 214 valence electrons. The Bertz CT molecular complexity index is 1910. The predicted molar refractivity (Wildman–Crippen MR) is 153 cm³/mol. The van der Waals surface area contributed by atoms with E-state index >= 15 is 0 Å². The molecule has 6 rings (SSSR count). The van der Waals surface area contributed by atoms with E-state index in [0.717, 1.165) is 34.7 Å². The summed E-state index contributed by atoms with van der Waals surface area (Å²) in [6.07, 6.45) is 2.82. The van der Waals surface area contributed by atoms with Crippen LogP contribution in [0.1, 0.15) is 11.3 Å². The number of pyridine rings is 1. The fourth-order valence-corrected chi connectivity index (χ4v) is 4.28. The van der Waals surface area contributed by atoms with Gasteiger partial charge in [0.2, 0.25) is 0 Å². The Balaban J connectivity index is 1.13. The van der Waals surface area contributed by atoms with Gasteiger partial charge in [0.1, 0.15) is 5.75 Å². The van der Waals surface area contributed by atoms with Crippen LogP contribution in [0.15, 0.2) is 97.7 Å². The van der Waals surface area contributed by atoms with Crippen molar-refractivity contribution in [3.05, 3.63) is 109 Å². The zero-order chi connectivity index (χ0) is 30.0. The third-order valence-electron chi connectivity index (χ3n) is 6.31. The minimum Gasteiger partial charge on any atom is -0.424 e. The highest BCUT2D eigenvalue weighted by Crippen LogP contribution is 2.36. The number of ether oxygens (including phenoxy) is 1. The molecule has 4 heterocycles. The van der Waals surface area contributed by atoms with Gasteiger partial charge >= 0.3 is 18.2 Å². The van der Waals surface area contributed by atoms with Gasteiger partial charge in [-0.05, 0) is 61.5 Å². The highest BCUT2D eigenvalue weighted by Gasteiger charge is 2.31. The Kier molecular flexibility index (Phi) is 7.12. The van der Waals surface area contributed by atoms with E-state index in [-0.39, 0.29) is 17.4 Å². The highest BCUT2D eigenvalue weighted by molar-refractivity contribution is 6.02. The van der Waals surface area contributed by atoms with E-state index in [4.69, 9.17) is 4.74 Å². The Labute approximate surface area is 242 Å². The largest absolute Gasteiger partial charge is 0.424 e. The fourth-order valence-electron chi connectivity index (χ4n) is 4.28. The number of halogens is 3. The summed E-state index contributed by atoms with van der Waals surface area (Å²) in [5, 5.41) is 9.51. The molecule has 2 amide bonds. The van der Waals surface area contributed by atoms with Gasteiger partial charge in [0.25, 0.3) is 0 Å². The van der Waals surface area contributed by atoms with Gasteiger partial charge in [-0.2, -0.15) is 18.3 Å². The Morgan fingerprint density at radius 3 is 2.37 bits per heavy atom. The van der Waals surface area contributed by atoms with E-state index < -0.39 is 17.8 Å². The molecule has 0 fully saturated rings. The normalized spacial score (nSPS) is 11.3. The summed E-state index contributed by atoms with van der Waals surface area (Å²) in [5.74, 6) is 0.479. The van der Waals surface area contributed by atoms with Crippen LogP contribution in [0.4, 0.5) is 29.3 Å². The number of aryl methyl sites for hydroxylation is 1. The Morgan fingerprint density at radius 2 is 1.65 bits per heavy atom. The van der Waals surface area contributed by atoms with E-state index in [9.17, 15) is 18.0 Å². The van der Waals surface area contributed by atoms with E-state index in [1.165, 1.54) is 30.9 Å². The molecule has 2 aromatic carbocycles. The van der Waals surface area contributed by atoms with E-state index in [0.29, 0.717) is 16.9 Å². The van der Waals surface area contributed by atoms with Crippen molar-refractivity contribution in [3.63, 3.8) is 0 Å². The summed E-state index contributed by atoms with van der Waals surface area (Å²) < 4.78 is 47.6. The van der Waals surface area contributed by atoms with E-state index in [2.05, 4.69) is 35.7 Å². The van der Waals surface area contributed by atoms with Crippen LogP contribution >= 0.6 is 0 Å². The van der Waals surface area contributed by atoms with Gasteiger partial charge in [0.05, 0.1) is 46.9 Å². The van der Waals surface area contributed by atoms with Crippen molar-refractivity contribution in [1.82, 2.24) is 29.5 Å². The van der Waals surface area contributed by atoms with Gasteiger partial charge < -0.3 is 15.4 Å². The van der Waals surface area contributed by atoms with Crippen molar-refractivity contribution in [2.75, 3.05) is 10.6 Å². The highest BCUT2D eigenvalue weighted by atomic mass is 19.4. The summed E-state index contributed by atoms with van der Waals surface area (Å²) in [6.45, 7) is 1.91. The molecule has 10 nitrogen and oxygen atoms in total. The lowest BCUT2D eigenvalue weighted by Gasteiger charge is -2.15. The SMILES string of the molecule is Cc1ccc2ncc(-c3ccc(Oc4ncc(NC(=O)Nc5cc(C(F)(F)F)ccc5-c5cccnc5)cn4)cc3)n2n1. The first-order chi connectivity index (χ1) is 20.7. The van der Waals surface area contributed by atoms with Gasteiger partial charge in [-0.1, -0.05) is 12.1 Å². The second kappa shape index (κ2) is 11.2. The second-order valence-electron chi connectivity index (χ2n) is 9.35. The summed E-state index contributed by atoms with van der Waals surface area (Å²) >= 11 is 0. The molecule has 0 aliphatic rings. The van der Waals surface area contributed by atoms with Crippen LogP contribution in [0, 0.1) is 6.92 Å². The van der Waals surface area contributed by atoms with Crippen molar-refractivity contribution in [2.24, 2.45) is 0 Å². The van der Waals surface area contributed by atoms with Crippen LogP contribution in [0.2, 0.25) is 0 Å². The average Bonchev–Trinajstić information content (AvgIpc) is 3.41. The zero-order valence-corrected chi connectivity index (χ0v) is 22.4. The molecule has 0 saturated heterocycles. The number of carbonyl (C=O) groups excluding carboxylic acids is 1. The number of alkyl halides is 3. The van der Waals surface area contributed by atoms with Crippen molar-refractivity contribution in [3.8, 4) is 34.1 Å². The molecule has 4 aromatic heterocycles. The molecule has 2 N–H and O–H groups in total. The molecular formula is C30H21F3N8O2. The first-order valence-corrected chi connectivity index (χ1v) is 12.8. The van der Waals surface area contributed by atoms with Crippen LogP contribution in [0.3, 0.4) is 0 Å². The number of imidazole rings is 1. The molecule has 0 spiro atoms. The van der Waals surface area contributed by atoms with Gasteiger partial charge in [-0.3, -0.25) is 4.98 Å². The Morgan fingerprint density at radius 1 is 0.860 bits per heavy atom. The van der Waals surface area contributed by atoms with Crippen molar-refractivity contribution >= 4 is 23.1 Å². The van der Waals surface area contributed by atoms with Gasteiger partial charge in [0, 0.05) is 29.1 Å². The maximum absolute atomic E-state index is 13.4. The Hall–Kier alpha value is -5.85. The number of rotatable bonds is 6. The number of nitrogens with one attached hydrogen (secondary N) is 2. The summed E-state index contributed by atoms with van der Waals surface area (Å²) in [4.78, 5) is 29.3. The standard InChI is InChI=1S/C30H21F3N8O2/c1-18-4-11-27-35-17-26(41(27)40-18)19-5-8-23(9-6-19)43-29-36-15-22(16-37-29)38-28(42)39-25-13-21(30(31,32)33)7-10-24(25)20-3-2-12-34-14-20/h2-17H,1H3,(H2,38,39,42). The molecule has 0 radical (unpaired) electrons. The smallest absolute Gasteiger partial charge is 0.416 e. The maximum atomic E-state index is 13.4. The second-order valence-corrected chi connectivity index (χ2v) is 9.35. The number of benzene rings is 2. The molecule has 0 aliphatic carbocycles. The number of aromatic nitrogens is 6. The molecule has 0 aliphatic heterocycles. The van der Waals surface area contributed by atoms with E-state index in [1.54, 1.807) is 35.0 Å². The van der Waals surface area contributed by atoms with Crippen LogP contribution in [-0.2, 0) is 6.18 Å². The fraction of sp³-hybridized carbons (Fsp3) is 0.0667. The quantitative estimate of drug-likeness (QED) is 0.217. The van der Waals surface area contributed by atoms with E-state index in [1.807, 2.05) is 31.2 Å². The lowest BCUT2D eigenvalue weighted by atomic mass is 10.0. The summed E-state index contributed by atoms with van der Waals surface area (Å²) in [5.41, 5.74) is 3.48. The number of carbonyl (C=O) groups is 1. The lowest BCUT2D eigenvalue weighted by molar-refractivity contribution is -0.137. The molecule has 0 saturated carbocycles. The maximum Gasteiger partial charge on any atom is 0.416 e. The van der Waals surface area contributed by atoms with Crippen LogP contribution < -0.4 is 15.4 Å². The van der Waals surface area contributed by atoms with Crippen LogP contribution in [0.25, 0.3) is 28.0 Å². The minimum atomic E-state index is -4.59. The minimum absolute atomic E-state index is 0.0301. The van der Waals surface area contributed by atoms with Gasteiger partial charge in [0.15, 0.2) is 5.65 Å². The third kappa shape index (κ3) is 6.10. The molecule has 0 unspecified atom stereocenters. The lowest BCUT2D eigenvalue weighted by Crippen LogP contribution is -2.20. The van der Waals surface area contributed by atoms with Gasteiger partial charge in [-0.25, -0.2) is 24.3 Å². The molecule has 0 bridgehead atoms. The molecule has 0 atom stereocenters. The number of amides is 2. The van der Waals surface area contributed by atoms with Crippen molar-refractivity contribution in [1.29, 1.82) is 0 Å².